The van der Waals surface area contributed by atoms with E-state index in [9.17, 15) is 0 Å². The SMILES string of the molecule is C=C[C](=C)[Sn][CH2]CCCCCCC(c1ccccc1)c1ccccc1. The first-order valence-corrected chi connectivity index (χ1v) is 12.9. The third-order valence-corrected chi connectivity index (χ3v) is 8.27. The van der Waals surface area contributed by atoms with Crippen LogP contribution in [-0.2, 0) is 0 Å². The molecule has 0 aliphatic carbocycles. The second-order valence-corrected chi connectivity index (χ2v) is 10.9. The first-order chi connectivity index (χ1) is 12.3. The van der Waals surface area contributed by atoms with Crippen LogP contribution in [-0.4, -0.2) is 21.1 Å². The molecule has 0 aliphatic rings. The predicted molar refractivity (Wildman–Crippen MR) is 112 cm³/mol. The zero-order valence-electron chi connectivity index (χ0n) is 15.3. The molecule has 0 spiro atoms. The summed E-state index contributed by atoms with van der Waals surface area (Å²) in [4.78, 5) is 0. The summed E-state index contributed by atoms with van der Waals surface area (Å²) in [5.41, 5.74) is 2.90. The van der Waals surface area contributed by atoms with Crippen LogP contribution in [0.4, 0.5) is 0 Å². The molecule has 2 aromatic rings. The Morgan fingerprint density at radius 3 is 1.88 bits per heavy atom. The molecule has 0 saturated heterocycles. The molecule has 2 aromatic carbocycles. The van der Waals surface area contributed by atoms with Crippen LogP contribution in [0.25, 0.3) is 0 Å². The second-order valence-electron chi connectivity index (χ2n) is 6.59. The Kier molecular flexibility index (Phi) is 9.72. The number of unbranched alkanes of at least 4 members (excludes halogenated alkanes) is 4. The fraction of sp³-hybridized carbons (Fsp3) is 0.333. The average Bonchev–Trinajstić information content (AvgIpc) is 2.68. The molecule has 0 amide bonds. The number of hydrogen-bond acceptors (Lipinski definition) is 0. The first-order valence-electron chi connectivity index (χ1n) is 9.46. The second kappa shape index (κ2) is 12.1. The van der Waals surface area contributed by atoms with Gasteiger partial charge in [-0.1, -0.05) is 0 Å². The van der Waals surface area contributed by atoms with Crippen LogP contribution in [0.3, 0.4) is 0 Å². The zero-order chi connectivity index (χ0) is 17.7. The Balaban J connectivity index is 1.74. The molecule has 0 nitrogen and oxygen atoms in total. The third-order valence-electron chi connectivity index (χ3n) is 4.67. The summed E-state index contributed by atoms with van der Waals surface area (Å²) in [6.45, 7) is 7.86. The minimum atomic E-state index is -0.369. The van der Waals surface area contributed by atoms with E-state index in [0.29, 0.717) is 5.92 Å². The Morgan fingerprint density at radius 1 is 0.800 bits per heavy atom. The van der Waals surface area contributed by atoms with E-state index >= 15 is 0 Å². The third kappa shape index (κ3) is 7.64. The van der Waals surface area contributed by atoms with Crippen molar-refractivity contribution in [3.63, 3.8) is 0 Å². The van der Waals surface area contributed by atoms with Crippen molar-refractivity contribution < 1.29 is 0 Å². The van der Waals surface area contributed by atoms with Crippen LogP contribution in [0.15, 0.2) is 83.5 Å². The van der Waals surface area contributed by atoms with Gasteiger partial charge in [-0.15, -0.1) is 0 Å². The van der Waals surface area contributed by atoms with Crippen molar-refractivity contribution in [2.24, 2.45) is 0 Å². The van der Waals surface area contributed by atoms with Crippen LogP contribution >= 0.6 is 0 Å². The van der Waals surface area contributed by atoms with Gasteiger partial charge in [0.1, 0.15) is 0 Å². The summed E-state index contributed by atoms with van der Waals surface area (Å²) in [6, 6.07) is 21.9. The molecule has 0 bridgehead atoms. The molecule has 130 valence electrons. The average molecular weight is 437 g/mol. The van der Waals surface area contributed by atoms with Crippen LogP contribution in [0.5, 0.6) is 0 Å². The Labute approximate surface area is 164 Å². The molecule has 0 unspecified atom stereocenters. The fourth-order valence-corrected chi connectivity index (χ4v) is 5.77. The fourth-order valence-electron chi connectivity index (χ4n) is 3.22. The number of hydrogen-bond donors (Lipinski definition) is 0. The van der Waals surface area contributed by atoms with E-state index in [2.05, 4.69) is 73.8 Å². The summed E-state index contributed by atoms with van der Waals surface area (Å²) in [5.74, 6) is 0.535. The van der Waals surface area contributed by atoms with E-state index in [4.69, 9.17) is 0 Å². The van der Waals surface area contributed by atoms with E-state index in [0.717, 1.165) is 0 Å². The van der Waals surface area contributed by atoms with Crippen LogP contribution < -0.4 is 0 Å². The summed E-state index contributed by atoms with van der Waals surface area (Å²) >= 11 is -0.369. The van der Waals surface area contributed by atoms with Crippen molar-refractivity contribution in [2.75, 3.05) is 0 Å². The van der Waals surface area contributed by atoms with Gasteiger partial charge in [0.25, 0.3) is 0 Å². The molecule has 0 aliphatic heterocycles. The van der Waals surface area contributed by atoms with Crippen molar-refractivity contribution in [2.45, 2.75) is 48.9 Å². The van der Waals surface area contributed by atoms with Gasteiger partial charge in [0.2, 0.25) is 0 Å². The van der Waals surface area contributed by atoms with E-state index in [-0.39, 0.29) is 21.1 Å². The van der Waals surface area contributed by atoms with Crippen LogP contribution in [0, 0.1) is 0 Å². The van der Waals surface area contributed by atoms with Gasteiger partial charge in [0.15, 0.2) is 0 Å². The molecule has 1 heteroatoms. The van der Waals surface area contributed by atoms with Crippen molar-refractivity contribution >= 4 is 21.1 Å². The van der Waals surface area contributed by atoms with Gasteiger partial charge < -0.3 is 0 Å². The molecule has 0 atom stereocenters. The molecule has 2 rings (SSSR count). The summed E-state index contributed by atoms with van der Waals surface area (Å²) in [6.07, 6.45) is 10.0. The molecule has 0 heterocycles. The molecular formula is C24H30Sn. The van der Waals surface area contributed by atoms with Gasteiger partial charge in [-0.25, -0.2) is 0 Å². The number of benzene rings is 2. The van der Waals surface area contributed by atoms with Gasteiger partial charge in [-0.05, 0) is 0 Å². The number of rotatable bonds is 12. The van der Waals surface area contributed by atoms with Gasteiger partial charge in [-0.2, -0.15) is 0 Å². The quantitative estimate of drug-likeness (QED) is 0.191. The normalized spacial score (nSPS) is 10.8. The molecule has 25 heavy (non-hydrogen) atoms. The van der Waals surface area contributed by atoms with Gasteiger partial charge in [0.05, 0.1) is 0 Å². The summed E-state index contributed by atoms with van der Waals surface area (Å²) in [7, 11) is 0. The summed E-state index contributed by atoms with van der Waals surface area (Å²) in [5, 5.41) is 0. The first kappa shape index (κ1) is 20.0. The van der Waals surface area contributed by atoms with Gasteiger partial charge >= 0.3 is 165 Å². The summed E-state index contributed by atoms with van der Waals surface area (Å²) < 4.78 is 2.77. The molecule has 0 N–H and O–H groups in total. The maximum absolute atomic E-state index is 4.05. The van der Waals surface area contributed by atoms with Crippen LogP contribution in [0.1, 0.15) is 55.6 Å². The number of allylic oxidation sites excluding steroid dienone is 2. The topological polar surface area (TPSA) is 0 Å². The predicted octanol–water partition coefficient (Wildman–Crippen LogP) is 6.98. The molecule has 0 fully saturated rings. The molecule has 0 aromatic heterocycles. The maximum atomic E-state index is 4.05. The van der Waals surface area contributed by atoms with Crippen molar-refractivity contribution in [1.82, 2.24) is 0 Å². The van der Waals surface area contributed by atoms with Crippen molar-refractivity contribution in [1.29, 1.82) is 0 Å². The Bertz CT molecular complexity index is 576. The Morgan fingerprint density at radius 2 is 1.32 bits per heavy atom. The van der Waals surface area contributed by atoms with E-state index < -0.39 is 0 Å². The van der Waals surface area contributed by atoms with Crippen molar-refractivity contribution in [3.8, 4) is 0 Å². The van der Waals surface area contributed by atoms with E-state index in [1.165, 1.54) is 57.7 Å². The van der Waals surface area contributed by atoms with Gasteiger partial charge in [0, 0.05) is 0 Å². The molecular weight excluding hydrogens is 407 g/mol. The molecule has 2 radical (unpaired) electrons. The Hall–Kier alpha value is -1.28. The zero-order valence-corrected chi connectivity index (χ0v) is 18.1. The van der Waals surface area contributed by atoms with Crippen LogP contribution in [0.2, 0.25) is 4.44 Å². The van der Waals surface area contributed by atoms with E-state index in [1.807, 2.05) is 6.08 Å². The van der Waals surface area contributed by atoms with E-state index in [1.54, 1.807) is 0 Å². The standard InChI is InChI=1S/C20H25.C4H5.Sn/c1-2-3-4-5-12-17-20(18-13-8-6-9-14-18)19-15-10-7-11-16-19;1-3-4-2;/h6-11,13-16,20H,1-5,12,17H2;3H,1-2H2;. The molecule has 0 saturated carbocycles. The van der Waals surface area contributed by atoms with Gasteiger partial charge in [-0.3, -0.25) is 0 Å². The van der Waals surface area contributed by atoms with Crippen molar-refractivity contribution in [3.05, 3.63) is 94.6 Å². The minimum absolute atomic E-state index is 0.369. The monoisotopic (exact) mass is 438 g/mol.